The van der Waals surface area contributed by atoms with Gasteiger partial charge >= 0.3 is 0 Å². The first-order valence-electron chi connectivity index (χ1n) is 5.11. The molecule has 1 aromatic rings. The van der Waals surface area contributed by atoms with Crippen molar-refractivity contribution in [3.05, 3.63) is 28.2 Å². The van der Waals surface area contributed by atoms with E-state index in [0.717, 1.165) is 6.07 Å². The molecule has 1 atom stereocenters. The predicted molar refractivity (Wildman–Crippen MR) is 58.2 cm³/mol. The Hall–Kier alpha value is -2.05. The van der Waals surface area contributed by atoms with Gasteiger partial charge in [0.15, 0.2) is 11.4 Å². The zero-order valence-electron chi connectivity index (χ0n) is 9.18. The fourth-order valence-electron chi connectivity index (χ4n) is 1.66. The normalized spacial score (nSPS) is 16.4. The van der Waals surface area contributed by atoms with E-state index in [1.54, 1.807) is 6.92 Å². The summed E-state index contributed by atoms with van der Waals surface area (Å²) in [5.74, 6) is -1.19. The van der Waals surface area contributed by atoms with Gasteiger partial charge in [0, 0.05) is 12.3 Å². The molecule has 0 aliphatic carbocycles. The summed E-state index contributed by atoms with van der Waals surface area (Å²) in [5, 5.41) is 9.57. The van der Waals surface area contributed by atoms with Crippen molar-refractivity contribution in [3.8, 4) is 5.75 Å². The van der Waals surface area contributed by atoms with Crippen LogP contribution in [0.1, 0.15) is 17.4 Å². The summed E-state index contributed by atoms with van der Waals surface area (Å²) >= 11 is 0. The van der Waals surface area contributed by atoms with Crippen LogP contribution in [-0.2, 0) is 0 Å². The minimum absolute atomic E-state index is 0.124. The van der Waals surface area contributed by atoms with Crippen LogP contribution in [0.5, 0.6) is 5.75 Å². The van der Waals surface area contributed by atoms with Gasteiger partial charge in [-0.2, -0.15) is 0 Å². The van der Waals surface area contributed by atoms with Gasteiger partial charge in [0.2, 0.25) is 5.43 Å². The molecule has 92 valence electrons. The molecule has 0 saturated carbocycles. The summed E-state index contributed by atoms with van der Waals surface area (Å²) in [6.45, 7) is 0.984. The topological polar surface area (TPSA) is 74.6 Å². The van der Waals surface area contributed by atoms with E-state index in [4.69, 9.17) is 0 Å². The first kappa shape index (κ1) is 11.4. The molecule has 0 unspecified atom stereocenters. The largest absolute Gasteiger partial charge is 0.502 e. The van der Waals surface area contributed by atoms with Gasteiger partial charge in [-0.1, -0.05) is 0 Å². The van der Waals surface area contributed by atoms with Crippen molar-refractivity contribution in [3.63, 3.8) is 0 Å². The SMILES string of the molecule is C[C@@H](CF)N1CNn2ccc(=O)c(O)c2C1=O. The molecule has 0 fully saturated rings. The molecule has 0 bridgehead atoms. The molecule has 1 aromatic heterocycles. The van der Waals surface area contributed by atoms with Crippen molar-refractivity contribution in [2.75, 3.05) is 18.8 Å². The highest BCUT2D eigenvalue weighted by atomic mass is 19.1. The molecular formula is C10H12FN3O3. The minimum atomic E-state index is -0.689. The number of nitrogens with zero attached hydrogens (tertiary/aromatic N) is 2. The number of alkyl halides is 1. The van der Waals surface area contributed by atoms with E-state index in [2.05, 4.69) is 5.43 Å². The quantitative estimate of drug-likeness (QED) is 0.756. The molecule has 0 aromatic carbocycles. The summed E-state index contributed by atoms with van der Waals surface area (Å²) < 4.78 is 13.8. The van der Waals surface area contributed by atoms with Crippen molar-refractivity contribution < 1.29 is 14.3 Å². The monoisotopic (exact) mass is 241 g/mol. The predicted octanol–water partition coefficient (Wildman–Crippen LogP) is -0.131. The summed E-state index contributed by atoms with van der Waals surface area (Å²) in [4.78, 5) is 24.5. The molecule has 1 amide bonds. The number of hydrogen-bond donors (Lipinski definition) is 2. The second-order valence-electron chi connectivity index (χ2n) is 3.84. The van der Waals surface area contributed by atoms with Crippen LogP contribution in [0.3, 0.4) is 0 Å². The van der Waals surface area contributed by atoms with Crippen molar-refractivity contribution in [2.45, 2.75) is 13.0 Å². The van der Waals surface area contributed by atoms with Crippen molar-refractivity contribution >= 4 is 5.91 Å². The number of hydrogen-bond acceptors (Lipinski definition) is 4. The fraction of sp³-hybridized carbons (Fsp3) is 0.400. The first-order chi connectivity index (χ1) is 8.06. The molecule has 6 nitrogen and oxygen atoms in total. The number of aromatic nitrogens is 1. The summed E-state index contributed by atoms with van der Waals surface area (Å²) in [6, 6.07) is 0.534. The van der Waals surface area contributed by atoms with E-state index < -0.39 is 29.8 Å². The van der Waals surface area contributed by atoms with Crippen LogP contribution in [0.15, 0.2) is 17.1 Å². The van der Waals surface area contributed by atoms with Gasteiger partial charge in [-0.25, -0.2) is 4.39 Å². The number of carbonyl (C=O) groups is 1. The zero-order valence-corrected chi connectivity index (χ0v) is 9.18. The van der Waals surface area contributed by atoms with E-state index in [1.807, 2.05) is 0 Å². The third kappa shape index (κ3) is 1.73. The maximum absolute atomic E-state index is 12.5. The van der Waals surface area contributed by atoms with Crippen LogP contribution >= 0.6 is 0 Å². The van der Waals surface area contributed by atoms with Crippen molar-refractivity contribution in [1.82, 2.24) is 9.58 Å². The van der Waals surface area contributed by atoms with Gasteiger partial charge in [-0.05, 0) is 6.92 Å². The Kier molecular flexibility index (Phi) is 2.74. The molecule has 7 heteroatoms. The van der Waals surface area contributed by atoms with Crippen molar-refractivity contribution in [2.24, 2.45) is 0 Å². The van der Waals surface area contributed by atoms with Gasteiger partial charge in [0.05, 0.1) is 6.04 Å². The Morgan fingerprint density at radius 1 is 1.59 bits per heavy atom. The lowest BCUT2D eigenvalue weighted by molar-refractivity contribution is 0.0631. The third-order valence-electron chi connectivity index (χ3n) is 2.70. The van der Waals surface area contributed by atoms with Crippen LogP contribution in [0, 0.1) is 0 Å². The average Bonchev–Trinajstić information content (AvgIpc) is 2.33. The molecule has 2 N–H and O–H groups in total. The molecule has 2 rings (SSSR count). The van der Waals surface area contributed by atoms with E-state index in [9.17, 15) is 19.1 Å². The van der Waals surface area contributed by atoms with Gasteiger partial charge < -0.3 is 15.4 Å². The number of fused-ring (bicyclic) bond motifs is 1. The highest BCUT2D eigenvalue weighted by molar-refractivity contribution is 5.96. The van der Waals surface area contributed by atoms with Crippen LogP contribution in [0.4, 0.5) is 4.39 Å². The maximum Gasteiger partial charge on any atom is 0.278 e. The fourth-order valence-corrected chi connectivity index (χ4v) is 1.66. The summed E-state index contributed by atoms with van der Waals surface area (Å²) in [7, 11) is 0. The van der Waals surface area contributed by atoms with Crippen LogP contribution in [0.25, 0.3) is 0 Å². The number of halogens is 1. The molecular weight excluding hydrogens is 229 g/mol. The van der Waals surface area contributed by atoms with Crippen LogP contribution in [0.2, 0.25) is 0 Å². The lowest BCUT2D eigenvalue weighted by atomic mass is 10.2. The van der Waals surface area contributed by atoms with E-state index >= 15 is 0 Å². The Morgan fingerprint density at radius 3 is 2.94 bits per heavy atom. The number of rotatable bonds is 2. The van der Waals surface area contributed by atoms with E-state index in [0.29, 0.717) is 0 Å². The Labute approximate surface area is 96.2 Å². The smallest absolute Gasteiger partial charge is 0.278 e. The first-order valence-corrected chi connectivity index (χ1v) is 5.11. The van der Waals surface area contributed by atoms with Crippen LogP contribution in [-0.4, -0.2) is 40.0 Å². The standard InChI is InChI=1S/C10H12FN3O3/c1-6(4-11)13-5-12-14-3-2-7(15)9(16)8(14)10(13)17/h2-3,6,12,16H,4-5H2,1H3/t6-/m0/s1. The summed E-state index contributed by atoms with van der Waals surface area (Å²) in [5.41, 5.74) is 1.98. The average molecular weight is 241 g/mol. The third-order valence-corrected chi connectivity index (χ3v) is 2.70. The van der Waals surface area contributed by atoms with Gasteiger partial charge in [-0.15, -0.1) is 0 Å². The Morgan fingerprint density at radius 2 is 2.29 bits per heavy atom. The molecule has 17 heavy (non-hydrogen) atoms. The number of pyridine rings is 1. The molecule has 0 saturated heterocycles. The lowest BCUT2D eigenvalue weighted by Crippen LogP contribution is -2.50. The van der Waals surface area contributed by atoms with Crippen LogP contribution < -0.4 is 10.9 Å². The Balaban J connectivity index is 2.48. The Bertz CT molecular complexity index is 514. The van der Waals surface area contributed by atoms with Crippen molar-refractivity contribution in [1.29, 1.82) is 0 Å². The van der Waals surface area contributed by atoms with Gasteiger partial charge in [-0.3, -0.25) is 14.3 Å². The minimum Gasteiger partial charge on any atom is -0.502 e. The molecule has 0 radical (unpaired) electrons. The number of aromatic hydroxyl groups is 1. The number of carbonyl (C=O) groups excluding carboxylic acids is 1. The van der Waals surface area contributed by atoms with Gasteiger partial charge in [0.1, 0.15) is 13.3 Å². The summed E-state index contributed by atoms with van der Waals surface area (Å²) in [6.07, 6.45) is 1.35. The molecule has 0 spiro atoms. The molecule has 1 aliphatic rings. The highest BCUT2D eigenvalue weighted by Crippen LogP contribution is 2.18. The number of amides is 1. The second-order valence-corrected chi connectivity index (χ2v) is 3.84. The second kappa shape index (κ2) is 4.08. The van der Waals surface area contributed by atoms with E-state index in [-0.39, 0.29) is 12.4 Å². The number of nitrogens with one attached hydrogen (secondary N) is 1. The molecule has 1 aliphatic heterocycles. The maximum atomic E-state index is 12.5. The highest BCUT2D eigenvalue weighted by Gasteiger charge is 2.30. The molecule has 2 heterocycles. The zero-order chi connectivity index (χ0) is 12.6. The van der Waals surface area contributed by atoms with Gasteiger partial charge in [0.25, 0.3) is 5.91 Å². The van der Waals surface area contributed by atoms with E-state index in [1.165, 1.54) is 15.8 Å². The lowest BCUT2D eigenvalue weighted by Gasteiger charge is -2.34.